The number of hydrogen-bond donors (Lipinski definition) is 0. The number of hydrogen-bond acceptors (Lipinski definition) is 5. The second kappa shape index (κ2) is 9.82. The number of carbonyl (C=O) groups is 1. The van der Waals surface area contributed by atoms with E-state index < -0.39 is 0 Å². The Labute approximate surface area is 208 Å². The van der Waals surface area contributed by atoms with Gasteiger partial charge in [-0.15, -0.1) is 0 Å². The van der Waals surface area contributed by atoms with Crippen LogP contribution in [0.5, 0.6) is 0 Å². The van der Waals surface area contributed by atoms with Gasteiger partial charge >= 0.3 is 0 Å². The van der Waals surface area contributed by atoms with Gasteiger partial charge in [0.1, 0.15) is 5.78 Å². The normalized spacial score (nSPS) is 20.5. The van der Waals surface area contributed by atoms with Gasteiger partial charge in [0.05, 0.1) is 11.9 Å². The second-order valence-electron chi connectivity index (χ2n) is 10.9. The van der Waals surface area contributed by atoms with E-state index in [4.69, 9.17) is 0 Å². The summed E-state index contributed by atoms with van der Waals surface area (Å²) in [5, 5.41) is 6.86. The van der Waals surface area contributed by atoms with E-state index in [0.717, 1.165) is 55.0 Å². The van der Waals surface area contributed by atoms with E-state index in [1.165, 1.54) is 62.0 Å². The van der Waals surface area contributed by atoms with Gasteiger partial charge in [-0.1, -0.05) is 18.6 Å². The van der Waals surface area contributed by atoms with Crippen LogP contribution in [0.25, 0.3) is 21.9 Å². The molecule has 1 saturated carbocycles. The predicted molar refractivity (Wildman–Crippen MR) is 139 cm³/mol. The number of aryl methyl sites for hydroxylation is 1. The second-order valence-corrected chi connectivity index (χ2v) is 10.9. The monoisotopic (exact) mass is 471 g/mol. The molecular formula is C29H37N5O. The number of benzene rings is 1. The number of aromatic nitrogens is 3. The minimum absolute atomic E-state index is 0.196. The Kier molecular flexibility index (Phi) is 6.42. The first-order valence-electron chi connectivity index (χ1n) is 13.5. The number of rotatable bonds is 7. The molecule has 2 aliphatic heterocycles. The first-order chi connectivity index (χ1) is 17.1. The number of likely N-dealkylation sites (tertiary alicyclic amines) is 2. The fourth-order valence-corrected chi connectivity index (χ4v) is 6.02. The molecule has 3 fully saturated rings. The lowest BCUT2D eigenvalue weighted by atomic mass is 9.90. The van der Waals surface area contributed by atoms with Crippen LogP contribution in [-0.2, 0) is 24.8 Å². The molecule has 2 aromatic heterocycles. The predicted octanol–water partition coefficient (Wildman–Crippen LogP) is 4.61. The molecule has 1 aliphatic carbocycles. The summed E-state index contributed by atoms with van der Waals surface area (Å²) in [7, 11) is 2.05. The van der Waals surface area contributed by atoms with Crippen LogP contribution in [0.1, 0.15) is 56.3 Å². The van der Waals surface area contributed by atoms with Crippen molar-refractivity contribution < 1.29 is 4.79 Å². The summed E-state index contributed by atoms with van der Waals surface area (Å²) in [6, 6.07) is 9.50. The SMILES string of the molecule is Cn1ncc(-c2ccc3cnc(CC(=O)C4CCN(C5CC5)CC4)cc3c2)c1CN1CCCCC1. The molecule has 0 amide bonds. The van der Waals surface area contributed by atoms with Crippen LogP contribution in [0.2, 0.25) is 0 Å². The van der Waals surface area contributed by atoms with Crippen molar-refractivity contribution in [3.8, 4) is 11.1 Å². The summed E-state index contributed by atoms with van der Waals surface area (Å²) in [5.74, 6) is 0.557. The van der Waals surface area contributed by atoms with E-state index in [1.807, 2.05) is 24.1 Å². The maximum absolute atomic E-state index is 13.0. The third-order valence-corrected chi connectivity index (χ3v) is 8.38. The highest BCUT2D eigenvalue weighted by Gasteiger charge is 2.33. The van der Waals surface area contributed by atoms with Crippen molar-refractivity contribution in [2.24, 2.45) is 13.0 Å². The van der Waals surface area contributed by atoms with Gasteiger partial charge in [0.15, 0.2) is 0 Å². The Bertz CT molecular complexity index is 1200. The molecule has 0 atom stereocenters. The quantitative estimate of drug-likeness (QED) is 0.504. The minimum Gasteiger partial charge on any atom is -0.300 e. The lowest BCUT2D eigenvalue weighted by Gasteiger charge is -2.31. The molecule has 35 heavy (non-hydrogen) atoms. The number of piperidine rings is 2. The Balaban J connectivity index is 1.18. The molecule has 3 aliphatic rings. The summed E-state index contributed by atoms with van der Waals surface area (Å²) < 4.78 is 2.03. The van der Waals surface area contributed by atoms with E-state index >= 15 is 0 Å². The number of nitrogens with zero attached hydrogens (tertiary/aromatic N) is 5. The highest BCUT2D eigenvalue weighted by molar-refractivity contribution is 5.89. The van der Waals surface area contributed by atoms with Gasteiger partial charge in [-0.25, -0.2) is 0 Å². The number of carbonyl (C=O) groups excluding carboxylic acids is 1. The molecule has 1 aromatic carbocycles. The Hall–Kier alpha value is -2.57. The topological polar surface area (TPSA) is 54.3 Å². The minimum atomic E-state index is 0.196. The Morgan fingerprint density at radius 1 is 0.943 bits per heavy atom. The van der Waals surface area contributed by atoms with Crippen LogP contribution >= 0.6 is 0 Å². The molecule has 0 radical (unpaired) electrons. The van der Waals surface area contributed by atoms with E-state index in [1.54, 1.807) is 0 Å². The highest BCUT2D eigenvalue weighted by Crippen LogP contribution is 2.32. The molecule has 2 saturated heterocycles. The summed E-state index contributed by atoms with van der Waals surface area (Å²) in [6.07, 6.45) is 13.0. The van der Waals surface area contributed by atoms with Crippen molar-refractivity contribution in [3.05, 3.63) is 48.0 Å². The molecule has 6 rings (SSSR count). The molecular weight excluding hydrogens is 434 g/mol. The summed E-state index contributed by atoms with van der Waals surface area (Å²) in [4.78, 5) is 22.8. The molecule has 6 heteroatoms. The fourth-order valence-electron chi connectivity index (χ4n) is 6.02. The van der Waals surface area contributed by atoms with Crippen molar-refractivity contribution in [2.75, 3.05) is 26.2 Å². The molecule has 0 unspecified atom stereocenters. The largest absolute Gasteiger partial charge is 0.300 e. The zero-order chi connectivity index (χ0) is 23.8. The van der Waals surface area contributed by atoms with E-state index in [2.05, 4.69) is 44.1 Å². The van der Waals surface area contributed by atoms with Gasteiger partial charge in [-0.05, 0) is 87.8 Å². The molecule has 184 valence electrons. The lowest BCUT2D eigenvalue weighted by Crippen LogP contribution is -2.38. The average molecular weight is 472 g/mol. The zero-order valence-corrected chi connectivity index (χ0v) is 21.0. The Morgan fingerprint density at radius 3 is 2.51 bits per heavy atom. The van der Waals surface area contributed by atoms with Crippen molar-refractivity contribution in [2.45, 2.75) is 64.0 Å². The van der Waals surface area contributed by atoms with Gasteiger partial charge in [0.25, 0.3) is 0 Å². The lowest BCUT2D eigenvalue weighted by molar-refractivity contribution is -0.123. The smallest absolute Gasteiger partial charge is 0.142 e. The molecule has 3 aromatic rings. The van der Waals surface area contributed by atoms with Crippen molar-refractivity contribution in [1.29, 1.82) is 0 Å². The third-order valence-electron chi connectivity index (χ3n) is 8.38. The van der Waals surface area contributed by atoms with Gasteiger partial charge in [0.2, 0.25) is 0 Å². The third kappa shape index (κ3) is 5.05. The van der Waals surface area contributed by atoms with Gasteiger partial charge in [-0.3, -0.25) is 19.4 Å². The van der Waals surface area contributed by atoms with Crippen molar-refractivity contribution in [1.82, 2.24) is 24.6 Å². The van der Waals surface area contributed by atoms with Gasteiger partial charge in [-0.2, -0.15) is 5.10 Å². The zero-order valence-electron chi connectivity index (χ0n) is 21.0. The summed E-state index contributed by atoms with van der Waals surface area (Å²) >= 11 is 0. The van der Waals surface area contributed by atoms with Gasteiger partial charge in [0, 0.05) is 54.8 Å². The first kappa shape index (κ1) is 22.9. The van der Waals surface area contributed by atoms with Crippen LogP contribution in [0.15, 0.2) is 36.7 Å². The molecule has 0 bridgehead atoms. The van der Waals surface area contributed by atoms with E-state index in [9.17, 15) is 4.79 Å². The molecule has 4 heterocycles. The summed E-state index contributed by atoms with van der Waals surface area (Å²) in [6.45, 7) is 5.45. The van der Waals surface area contributed by atoms with Crippen molar-refractivity contribution >= 4 is 16.6 Å². The number of pyridine rings is 1. The first-order valence-corrected chi connectivity index (χ1v) is 13.5. The van der Waals surface area contributed by atoms with Crippen molar-refractivity contribution in [3.63, 3.8) is 0 Å². The number of Topliss-reactive ketones (excluding diaryl/α,β-unsaturated/α-hetero) is 1. The highest BCUT2D eigenvalue weighted by atomic mass is 16.1. The maximum Gasteiger partial charge on any atom is 0.142 e. The molecule has 0 spiro atoms. The standard InChI is InChI=1S/C29H37N5O/c1-32-28(20-33-11-3-2-4-12-33)27(19-31-32)22-5-6-23-18-30-25(16-24(23)15-22)17-29(35)21-9-13-34(14-10-21)26-7-8-26/h5-6,15-16,18-19,21,26H,2-4,7-14,17,20H2,1H3. The van der Waals surface area contributed by atoms with Gasteiger partial charge < -0.3 is 4.90 Å². The number of fused-ring (bicyclic) bond motifs is 1. The van der Waals surface area contributed by atoms with Crippen LogP contribution < -0.4 is 0 Å². The van der Waals surface area contributed by atoms with Crippen LogP contribution in [0, 0.1) is 5.92 Å². The van der Waals surface area contributed by atoms with E-state index in [0.29, 0.717) is 12.2 Å². The molecule has 0 N–H and O–H groups in total. The Morgan fingerprint density at radius 2 is 1.74 bits per heavy atom. The van der Waals surface area contributed by atoms with Crippen LogP contribution in [0.4, 0.5) is 0 Å². The molecule has 6 nitrogen and oxygen atoms in total. The average Bonchev–Trinajstić information content (AvgIpc) is 3.68. The number of ketones is 1. The van der Waals surface area contributed by atoms with E-state index in [-0.39, 0.29) is 5.92 Å². The van der Waals surface area contributed by atoms with Crippen LogP contribution in [-0.4, -0.2) is 62.6 Å². The summed E-state index contributed by atoms with van der Waals surface area (Å²) in [5.41, 5.74) is 4.56. The van der Waals surface area contributed by atoms with Crippen LogP contribution in [0.3, 0.4) is 0 Å². The fraction of sp³-hybridized carbons (Fsp3) is 0.552. The maximum atomic E-state index is 13.0.